The highest BCUT2D eigenvalue weighted by Crippen LogP contribution is 2.17. The monoisotopic (exact) mass is 294 g/mol. The summed E-state index contributed by atoms with van der Waals surface area (Å²) in [7, 11) is 1.58. The molecule has 1 amide bonds. The lowest BCUT2D eigenvalue weighted by Crippen LogP contribution is -2.12. The minimum Gasteiger partial charge on any atom is -0.497 e. The number of nitrogens with one attached hydrogen (secondary N) is 1. The number of hydrogen-bond donors (Lipinski definition) is 1. The Morgan fingerprint density at radius 2 is 2.18 bits per heavy atom. The average Bonchev–Trinajstić information content (AvgIpc) is 3.09. The molecule has 3 aromatic rings. The normalized spacial score (nSPS) is 10.2. The van der Waals surface area contributed by atoms with Crippen molar-refractivity contribution in [3.8, 4) is 11.6 Å². The zero-order valence-electron chi connectivity index (χ0n) is 11.9. The van der Waals surface area contributed by atoms with E-state index in [1.807, 2.05) is 12.1 Å². The van der Waals surface area contributed by atoms with Gasteiger partial charge >= 0.3 is 0 Å². The Balaban J connectivity index is 1.74. The minimum atomic E-state index is -0.224. The topological polar surface area (TPSA) is 69.0 Å². The second kappa shape index (κ2) is 6.09. The van der Waals surface area contributed by atoms with E-state index in [4.69, 9.17) is 4.74 Å². The lowest BCUT2D eigenvalue weighted by atomic mass is 10.2. The Morgan fingerprint density at radius 1 is 1.27 bits per heavy atom. The molecule has 0 aliphatic carbocycles. The fourth-order valence-corrected chi connectivity index (χ4v) is 1.97. The number of hydrogen-bond acceptors (Lipinski definition) is 4. The van der Waals surface area contributed by atoms with Gasteiger partial charge in [0.1, 0.15) is 17.9 Å². The summed E-state index contributed by atoms with van der Waals surface area (Å²) in [5.74, 6) is 1.17. The van der Waals surface area contributed by atoms with Gasteiger partial charge in [-0.15, -0.1) is 0 Å². The predicted octanol–water partition coefficient (Wildman–Crippen LogP) is 2.53. The molecule has 0 unspecified atom stereocenters. The van der Waals surface area contributed by atoms with Crippen molar-refractivity contribution in [2.24, 2.45) is 0 Å². The van der Waals surface area contributed by atoms with E-state index >= 15 is 0 Å². The van der Waals surface area contributed by atoms with Crippen LogP contribution in [0.5, 0.6) is 5.75 Å². The Morgan fingerprint density at radius 3 is 2.86 bits per heavy atom. The number of nitrogens with zero attached hydrogens (tertiary/aromatic N) is 3. The van der Waals surface area contributed by atoms with Crippen molar-refractivity contribution in [1.82, 2.24) is 14.5 Å². The van der Waals surface area contributed by atoms with Crippen LogP contribution in [0.3, 0.4) is 0 Å². The molecule has 2 heterocycles. The first-order chi connectivity index (χ1) is 10.8. The van der Waals surface area contributed by atoms with Crippen LogP contribution in [-0.2, 0) is 0 Å². The standard InChI is InChI=1S/C16H14N4O2/c1-22-14-4-2-3-13(9-14)19-16(21)12-5-6-15(18-10-12)20-8-7-17-11-20/h2-11H,1H3,(H,19,21). The smallest absolute Gasteiger partial charge is 0.257 e. The SMILES string of the molecule is COc1cccc(NC(=O)c2ccc(-n3ccnc3)nc2)c1. The van der Waals surface area contributed by atoms with Crippen molar-refractivity contribution in [2.75, 3.05) is 12.4 Å². The van der Waals surface area contributed by atoms with Gasteiger partial charge in [-0.2, -0.15) is 0 Å². The van der Waals surface area contributed by atoms with E-state index in [0.29, 0.717) is 22.8 Å². The van der Waals surface area contributed by atoms with Gasteiger partial charge in [0.25, 0.3) is 5.91 Å². The average molecular weight is 294 g/mol. The molecule has 0 radical (unpaired) electrons. The molecule has 0 aliphatic rings. The number of pyridine rings is 1. The lowest BCUT2D eigenvalue weighted by molar-refractivity contribution is 0.102. The van der Waals surface area contributed by atoms with Crippen LogP contribution in [0, 0.1) is 0 Å². The summed E-state index contributed by atoms with van der Waals surface area (Å²) in [6.45, 7) is 0. The third kappa shape index (κ3) is 2.95. The van der Waals surface area contributed by atoms with E-state index in [2.05, 4.69) is 15.3 Å². The molecule has 0 atom stereocenters. The summed E-state index contributed by atoms with van der Waals surface area (Å²) in [6, 6.07) is 10.7. The number of methoxy groups -OCH3 is 1. The molecular formula is C16H14N4O2. The molecule has 0 bridgehead atoms. The van der Waals surface area contributed by atoms with Crippen molar-refractivity contribution < 1.29 is 9.53 Å². The van der Waals surface area contributed by atoms with Crippen LogP contribution in [-0.4, -0.2) is 27.6 Å². The third-order valence-corrected chi connectivity index (χ3v) is 3.11. The number of carbonyl (C=O) groups is 1. The lowest BCUT2D eigenvalue weighted by Gasteiger charge is -2.07. The van der Waals surface area contributed by atoms with Gasteiger partial charge in [0.05, 0.1) is 12.7 Å². The summed E-state index contributed by atoms with van der Waals surface area (Å²) >= 11 is 0. The summed E-state index contributed by atoms with van der Waals surface area (Å²) in [4.78, 5) is 20.4. The summed E-state index contributed by atoms with van der Waals surface area (Å²) in [6.07, 6.45) is 6.65. The van der Waals surface area contributed by atoms with Gasteiger partial charge in [0.2, 0.25) is 0 Å². The van der Waals surface area contributed by atoms with Crippen molar-refractivity contribution in [3.05, 3.63) is 66.9 Å². The molecule has 22 heavy (non-hydrogen) atoms. The van der Waals surface area contributed by atoms with Crippen molar-refractivity contribution in [3.63, 3.8) is 0 Å². The zero-order chi connectivity index (χ0) is 15.4. The molecule has 0 fully saturated rings. The highest BCUT2D eigenvalue weighted by molar-refractivity contribution is 6.04. The van der Waals surface area contributed by atoms with Crippen LogP contribution < -0.4 is 10.1 Å². The van der Waals surface area contributed by atoms with E-state index in [1.54, 1.807) is 54.7 Å². The van der Waals surface area contributed by atoms with Gasteiger partial charge in [0, 0.05) is 30.3 Å². The number of imidazole rings is 1. The molecule has 1 N–H and O–H groups in total. The summed E-state index contributed by atoms with van der Waals surface area (Å²) in [5, 5.41) is 2.81. The number of amides is 1. The minimum absolute atomic E-state index is 0.224. The summed E-state index contributed by atoms with van der Waals surface area (Å²) < 4.78 is 6.89. The fraction of sp³-hybridized carbons (Fsp3) is 0.0625. The van der Waals surface area contributed by atoms with Gasteiger partial charge in [-0.3, -0.25) is 9.36 Å². The van der Waals surface area contributed by atoms with Crippen LogP contribution in [0.2, 0.25) is 0 Å². The number of ether oxygens (including phenoxy) is 1. The highest BCUT2D eigenvalue weighted by atomic mass is 16.5. The van der Waals surface area contributed by atoms with Crippen LogP contribution >= 0.6 is 0 Å². The van der Waals surface area contributed by atoms with E-state index in [9.17, 15) is 4.79 Å². The van der Waals surface area contributed by atoms with E-state index in [1.165, 1.54) is 6.20 Å². The first kappa shape index (κ1) is 13.8. The molecule has 0 spiro atoms. The van der Waals surface area contributed by atoms with E-state index < -0.39 is 0 Å². The number of aromatic nitrogens is 3. The molecule has 0 aliphatic heterocycles. The number of benzene rings is 1. The van der Waals surface area contributed by atoms with Crippen molar-refractivity contribution in [2.45, 2.75) is 0 Å². The van der Waals surface area contributed by atoms with Crippen LogP contribution in [0.15, 0.2) is 61.3 Å². The van der Waals surface area contributed by atoms with Crippen LogP contribution in [0.4, 0.5) is 5.69 Å². The zero-order valence-corrected chi connectivity index (χ0v) is 11.9. The first-order valence-corrected chi connectivity index (χ1v) is 6.66. The predicted molar refractivity (Wildman–Crippen MR) is 82.3 cm³/mol. The maximum Gasteiger partial charge on any atom is 0.257 e. The molecule has 0 saturated heterocycles. The first-order valence-electron chi connectivity index (χ1n) is 6.66. The van der Waals surface area contributed by atoms with Crippen molar-refractivity contribution >= 4 is 11.6 Å². The third-order valence-electron chi connectivity index (χ3n) is 3.11. The Kier molecular flexibility index (Phi) is 3.82. The van der Waals surface area contributed by atoms with Gasteiger partial charge in [0.15, 0.2) is 0 Å². The van der Waals surface area contributed by atoms with Crippen LogP contribution in [0.25, 0.3) is 5.82 Å². The maximum absolute atomic E-state index is 12.2. The second-order valence-electron chi connectivity index (χ2n) is 4.56. The quantitative estimate of drug-likeness (QED) is 0.802. The Hall–Kier alpha value is -3.15. The highest BCUT2D eigenvalue weighted by Gasteiger charge is 2.08. The van der Waals surface area contributed by atoms with E-state index in [-0.39, 0.29) is 5.91 Å². The van der Waals surface area contributed by atoms with Crippen LogP contribution in [0.1, 0.15) is 10.4 Å². The maximum atomic E-state index is 12.2. The van der Waals surface area contributed by atoms with Gasteiger partial charge in [-0.05, 0) is 24.3 Å². The fourth-order valence-electron chi connectivity index (χ4n) is 1.97. The molecule has 3 rings (SSSR count). The molecule has 6 nitrogen and oxygen atoms in total. The largest absolute Gasteiger partial charge is 0.497 e. The van der Waals surface area contributed by atoms with Gasteiger partial charge < -0.3 is 10.1 Å². The molecular weight excluding hydrogens is 280 g/mol. The molecule has 110 valence electrons. The molecule has 6 heteroatoms. The molecule has 2 aromatic heterocycles. The Bertz CT molecular complexity index is 767. The molecule has 0 saturated carbocycles. The van der Waals surface area contributed by atoms with Gasteiger partial charge in [-0.25, -0.2) is 9.97 Å². The summed E-state index contributed by atoms with van der Waals surface area (Å²) in [5.41, 5.74) is 1.15. The number of anilines is 1. The number of rotatable bonds is 4. The molecule has 1 aromatic carbocycles. The van der Waals surface area contributed by atoms with Gasteiger partial charge in [-0.1, -0.05) is 6.07 Å². The van der Waals surface area contributed by atoms with Crippen molar-refractivity contribution in [1.29, 1.82) is 0 Å². The second-order valence-corrected chi connectivity index (χ2v) is 4.56. The van der Waals surface area contributed by atoms with E-state index in [0.717, 1.165) is 0 Å². The Labute approximate surface area is 127 Å². The number of carbonyl (C=O) groups excluding carboxylic acids is 1.